The van der Waals surface area contributed by atoms with Crippen LogP contribution >= 0.6 is 0 Å². The number of methoxy groups -OCH3 is 2. The molecular formula is C22H30N2O5S. The second-order valence-electron chi connectivity index (χ2n) is 7.75. The summed E-state index contributed by atoms with van der Waals surface area (Å²) >= 11 is 0. The number of piperazine rings is 1. The van der Waals surface area contributed by atoms with Crippen LogP contribution in [-0.4, -0.2) is 63.1 Å². The van der Waals surface area contributed by atoms with Crippen molar-refractivity contribution in [2.24, 2.45) is 0 Å². The Morgan fingerprint density at radius 3 is 1.97 bits per heavy atom. The van der Waals surface area contributed by atoms with Crippen molar-refractivity contribution in [3.63, 3.8) is 0 Å². The lowest BCUT2D eigenvalue weighted by Crippen LogP contribution is -2.48. The molecule has 0 aliphatic carbocycles. The molecule has 1 aliphatic rings. The third-order valence-electron chi connectivity index (χ3n) is 5.46. The zero-order valence-electron chi connectivity index (χ0n) is 18.0. The van der Waals surface area contributed by atoms with Gasteiger partial charge < -0.3 is 14.6 Å². The quantitative estimate of drug-likeness (QED) is 0.722. The first-order chi connectivity index (χ1) is 14.3. The number of ether oxygens (including phenoxy) is 2. The highest BCUT2D eigenvalue weighted by atomic mass is 32.2. The maximum Gasteiger partial charge on any atom is 0.243 e. The second kappa shape index (κ2) is 9.24. The van der Waals surface area contributed by atoms with E-state index in [4.69, 9.17) is 9.47 Å². The van der Waals surface area contributed by atoms with Crippen LogP contribution in [0.5, 0.6) is 17.2 Å². The highest BCUT2D eigenvalue weighted by Gasteiger charge is 2.28. The lowest BCUT2D eigenvalue weighted by Gasteiger charge is -2.34. The molecule has 7 nitrogen and oxygen atoms in total. The van der Waals surface area contributed by atoms with Crippen molar-refractivity contribution in [1.82, 2.24) is 9.21 Å². The lowest BCUT2D eigenvalue weighted by atomic mass is 10.0. The molecule has 1 saturated heterocycles. The van der Waals surface area contributed by atoms with Gasteiger partial charge in [-0.05, 0) is 41.3 Å². The van der Waals surface area contributed by atoms with Gasteiger partial charge in [0.25, 0.3) is 0 Å². The topological polar surface area (TPSA) is 79.3 Å². The van der Waals surface area contributed by atoms with Gasteiger partial charge in [0.05, 0.1) is 19.1 Å². The average Bonchev–Trinajstić information content (AvgIpc) is 2.75. The van der Waals surface area contributed by atoms with E-state index in [0.29, 0.717) is 55.0 Å². The number of hydrogen-bond donors (Lipinski definition) is 1. The van der Waals surface area contributed by atoms with Crippen molar-refractivity contribution in [1.29, 1.82) is 0 Å². The molecule has 0 saturated carbocycles. The van der Waals surface area contributed by atoms with Crippen molar-refractivity contribution in [2.75, 3.05) is 40.4 Å². The standard InChI is InChI=1S/C22H30N2O5S/c1-16(2)18-5-7-19(8-6-18)30(26,27)24-11-9-23(10-12-24)15-17-13-20(28-3)22(25)21(14-17)29-4/h5-8,13-14,16,25H,9-12,15H2,1-4H3. The summed E-state index contributed by atoms with van der Waals surface area (Å²) < 4.78 is 37.9. The van der Waals surface area contributed by atoms with Gasteiger partial charge in [-0.15, -0.1) is 0 Å². The fourth-order valence-electron chi connectivity index (χ4n) is 3.60. The van der Waals surface area contributed by atoms with Crippen LogP contribution in [-0.2, 0) is 16.6 Å². The van der Waals surface area contributed by atoms with Crippen LogP contribution in [0.2, 0.25) is 0 Å². The third-order valence-corrected chi connectivity index (χ3v) is 7.37. The molecular weight excluding hydrogens is 404 g/mol. The van der Waals surface area contributed by atoms with Gasteiger partial charge in [-0.2, -0.15) is 4.31 Å². The van der Waals surface area contributed by atoms with Crippen molar-refractivity contribution in [3.05, 3.63) is 47.5 Å². The van der Waals surface area contributed by atoms with Crippen LogP contribution in [0.4, 0.5) is 0 Å². The van der Waals surface area contributed by atoms with Crippen molar-refractivity contribution in [3.8, 4) is 17.2 Å². The largest absolute Gasteiger partial charge is 0.502 e. The number of nitrogens with zero attached hydrogens (tertiary/aromatic N) is 2. The molecule has 1 N–H and O–H groups in total. The average molecular weight is 435 g/mol. The molecule has 1 heterocycles. The predicted molar refractivity (Wildman–Crippen MR) is 116 cm³/mol. The Bertz CT molecular complexity index is 941. The lowest BCUT2D eigenvalue weighted by molar-refractivity contribution is 0.181. The molecule has 0 aromatic heterocycles. The van der Waals surface area contributed by atoms with Crippen LogP contribution in [0.25, 0.3) is 0 Å². The Balaban J connectivity index is 1.66. The van der Waals surface area contributed by atoms with E-state index in [1.54, 1.807) is 28.6 Å². The number of aromatic hydroxyl groups is 1. The van der Waals surface area contributed by atoms with Gasteiger partial charge in [-0.1, -0.05) is 26.0 Å². The molecule has 1 fully saturated rings. The molecule has 30 heavy (non-hydrogen) atoms. The van der Waals surface area contributed by atoms with E-state index < -0.39 is 10.0 Å². The maximum atomic E-state index is 13.0. The number of phenolic OH excluding ortho intramolecular Hbond substituents is 1. The summed E-state index contributed by atoms with van der Waals surface area (Å²) in [5, 5.41) is 10.1. The van der Waals surface area contributed by atoms with E-state index in [-0.39, 0.29) is 5.75 Å². The number of hydrogen-bond acceptors (Lipinski definition) is 6. The molecule has 0 atom stereocenters. The zero-order valence-corrected chi connectivity index (χ0v) is 18.8. The number of rotatable bonds is 7. The fraction of sp³-hybridized carbons (Fsp3) is 0.455. The molecule has 3 rings (SSSR count). The normalized spacial score (nSPS) is 16.0. The Hall–Kier alpha value is -2.29. The van der Waals surface area contributed by atoms with E-state index in [0.717, 1.165) is 11.1 Å². The SMILES string of the molecule is COc1cc(CN2CCN(S(=O)(=O)c3ccc(C(C)C)cc3)CC2)cc(OC)c1O. The van der Waals surface area contributed by atoms with Crippen LogP contribution in [0, 0.1) is 0 Å². The Morgan fingerprint density at radius 1 is 0.967 bits per heavy atom. The first-order valence-electron chi connectivity index (χ1n) is 10.0. The molecule has 0 bridgehead atoms. The smallest absolute Gasteiger partial charge is 0.243 e. The summed E-state index contributed by atoms with van der Waals surface area (Å²) in [6.07, 6.45) is 0. The third kappa shape index (κ3) is 4.71. The summed E-state index contributed by atoms with van der Waals surface area (Å²) in [6.45, 7) is 6.89. The van der Waals surface area contributed by atoms with Gasteiger partial charge in [0.2, 0.25) is 15.8 Å². The van der Waals surface area contributed by atoms with Crippen molar-refractivity contribution >= 4 is 10.0 Å². The van der Waals surface area contributed by atoms with E-state index in [1.807, 2.05) is 12.1 Å². The molecule has 0 unspecified atom stereocenters. The van der Waals surface area contributed by atoms with Gasteiger partial charge in [-0.3, -0.25) is 4.90 Å². The molecule has 0 spiro atoms. The van der Waals surface area contributed by atoms with Gasteiger partial charge in [0, 0.05) is 32.7 Å². The summed E-state index contributed by atoms with van der Waals surface area (Å²) in [6, 6.07) is 10.7. The van der Waals surface area contributed by atoms with Crippen LogP contribution in [0.15, 0.2) is 41.3 Å². The zero-order chi connectivity index (χ0) is 21.9. The van der Waals surface area contributed by atoms with E-state index in [1.165, 1.54) is 14.2 Å². The van der Waals surface area contributed by atoms with E-state index >= 15 is 0 Å². The Morgan fingerprint density at radius 2 is 1.50 bits per heavy atom. The van der Waals surface area contributed by atoms with Crippen LogP contribution < -0.4 is 9.47 Å². The predicted octanol–water partition coefficient (Wildman–Crippen LogP) is 3.04. The van der Waals surface area contributed by atoms with Gasteiger partial charge >= 0.3 is 0 Å². The number of benzene rings is 2. The van der Waals surface area contributed by atoms with Gasteiger partial charge in [0.1, 0.15) is 0 Å². The molecule has 0 amide bonds. The molecule has 8 heteroatoms. The van der Waals surface area contributed by atoms with E-state index in [2.05, 4.69) is 18.7 Å². The first kappa shape index (κ1) is 22.4. The van der Waals surface area contributed by atoms with Gasteiger partial charge in [0.15, 0.2) is 11.5 Å². The van der Waals surface area contributed by atoms with Crippen LogP contribution in [0.1, 0.15) is 30.9 Å². The summed E-state index contributed by atoms with van der Waals surface area (Å²) in [4.78, 5) is 2.52. The van der Waals surface area contributed by atoms with Crippen molar-refractivity contribution < 1.29 is 23.0 Å². The molecule has 2 aromatic carbocycles. The Kier molecular flexibility index (Phi) is 6.90. The molecule has 2 aromatic rings. The first-order valence-corrected chi connectivity index (χ1v) is 11.5. The minimum absolute atomic E-state index is 0.0249. The molecule has 1 aliphatic heterocycles. The number of sulfonamides is 1. The monoisotopic (exact) mass is 434 g/mol. The summed E-state index contributed by atoms with van der Waals surface area (Å²) in [5.74, 6) is 1.05. The van der Waals surface area contributed by atoms with E-state index in [9.17, 15) is 13.5 Å². The highest BCUT2D eigenvalue weighted by molar-refractivity contribution is 7.89. The van der Waals surface area contributed by atoms with Gasteiger partial charge in [-0.25, -0.2) is 8.42 Å². The minimum atomic E-state index is -3.49. The highest BCUT2D eigenvalue weighted by Crippen LogP contribution is 2.37. The summed E-state index contributed by atoms with van der Waals surface area (Å²) in [5.41, 5.74) is 2.06. The summed E-state index contributed by atoms with van der Waals surface area (Å²) in [7, 11) is -0.503. The Labute approximate surface area is 178 Å². The number of phenols is 1. The minimum Gasteiger partial charge on any atom is -0.502 e. The second-order valence-corrected chi connectivity index (χ2v) is 9.69. The maximum absolute atomic E-state index is 13.0. The van der Waals surface area contributed by atoms with Crippen LogP contribution in [0.3, 0.4) is 0 Å². The fourth-order valence-corrected chi connectivity index (χ4v) is 5.02. The van der Waals surface area contributed by atoms with Crippen molar-refractivity contribution in [2.45, 2.75) is 31.2 Å². The molecule has 0 radical (unpaired) electrons. The molecule has 164 valence electrons.